The molecule has 1 aromatic carbocycles. The number of hydrogen-bond donors (Lipinski definition) is 3. The Balaban J connectivity index is 1.35. The molecule has 7 nitrogen and oxygen atoms in total. The van der Waals surface area contributed by atoms with Gasteiger partial charge in [0.2, 0.25) is 5.91 Å². The van der Waals surface area contributed by atoms with Gasteiger partial charge in [0.15, 0.2) is 0 Å². The summed E-state index contributed by atoms with van der Waals surface area (Å²) in [5.41, 5.74) is 2.87. The van der Waals surface area contributed by atoms with E-state index in [0.29, 0.717) is 29.7 Å². The Bertz CT molecular complexity index is 1190. The summed E-state index contributed by atoms with van der Waals surface area (Å²) in [6, 6.07) is 17.1. The van der Waals surface area contributed by atoms with Crippen molar-refractivity contribution < 1.29 is 4.79 Å². The topological polar surface area (TPSA) is 91.8 Å². The molecule has 0 bridgehead atoms. The van der Waals surface area contributed by atoms with Gasteiger partial charge in [0.25, 0.3) is 0 Å². The third kappa shape index (κ3) is 5.89. The first-order valence-electron chi connectivity index (χ1n) is 10.3. The second kappa shape index (κ2) is 10.0. The molecule has 0 aliphatic carbocycles. The maximum atomic E-state index is 12.3. The van der Waals surface area contributed by atoms with Gasteiger partial charge in [-0.3, -0.25) is 4.79 Å². The third-order valence-electron chi connectivity index (χ3n) is 4.75. The Hall–Kier alpha value is -3.78. The largest absolute Gasteiger partial charge is 0.340 e. The van der Waals surface area contributed by atoms with Gasteiger partial charge < -0.3 is 16.0 Å². The van der Waals surface area contributed by atoms with E-state index >= 15 is 0 Å². The second-order valence-electron chi connectivity index (χ2n) is 7.30. The first-order valence-corrected chi connectivity index (χ1v) is 11.2. The molecule has 162 valence electrons. The van der Waals surface area contributed by atoms with Crippen molar-refractivity contribution in [2.75, 3.05) is 16.0 Å². The molecule has 0 spiro atoms. The minimum atomic E-state index is 0.00942. The van der Waals surface area contributed by atoms with Gasteiger partial charge in [0, 0.05) is 34.9 Å². The fourth-order valence-corrected chi connectivity index (χ4v) is 4.07. The number of pyridine rings is 1. The second-order valence-corrected chi connectivity index (χ2v) is 8.30. The van der Waals surface area contributed by atoms with E-state index in [1.54, 1.807) is 17.5 Å². The van der Waals surface area contributed by atoms with Crippen molar-refractivity contribution in [3.8, 4) is 0 Å². The number of anilines is 5. The lowest BCUT2D eigenvalue weighted by atomic mass is 10.2. The number of nitrogens with one attached hydrogen (secondary N) is 3. The van der Waals surface area contributed by atoms with Crippen LogP contribution >= 0.6 is 11.3 Å². The maximum absolute atomic E-state index is 12.3. The van der Waals surface area contributed by atoms with Crippen molar-refractivity contribution in [1.82, 2.24) is 15.0 Å². The lowest BCUT2D eigenvalue weighted by Gasteiger charge is -2.11. The fraction of sp³-hybridized carbons (Fsp3) is 0.167. The molecule has 8 heteroatoms. The zero-order valence-electron chi connectivity index (χ0n) is 17.9. The van der Waals surface area contributed by atoms with Crippen molar-refractivity contribution in [2.24, 2.45) is 0 Å². The van der Waals surface area contributed by atoms with Crippen LogP contribution in [0.4, 0.5) is 28.8 Å². The molecular weight excluding hydrogens is 420 g/mol. The van der Waals surface area contributed by atoms with Gasteiger partial charge in [-0.15, -0.1) is 11.3 Å². The predicted molar refractivity (Wildman–Crippen MR) is 130 cm³/mol. The van der Waals surface area contributed by atoms with Crippen LogP contribution in [0.25, 0.3) is 0 Å². The Kier molecular flexibility index (Phi) is 6.72. The smallest absolute Gasteiger partial charge is 0.224 e. The quantitative estimate of drug-likeness (QED) is 0.327. The summed E-state index contributed by atoms with van der Waals surface area (Å²) in [5.74, 6) is 2.68. The van der Waals surface area contributed by atoms with Crippen LogP contribution in [0.15, 0.2) is 66.2 Å². The molecule has 3 heterocycles. The number of carbonyl (C=O) groups excluding carboxylic acids is 1. The SMILES string of the molecule is Cc1nc(Nc2ccc(NC(=O)CCc3sccc3C)cc2)cc(Nc2ccccn2)n1. The van der Waals surface area contributed by atoms with Gasteiger partial charge in [0.1, 0.15) is 23.3 Å². The zero-order valence-corrected chi connectivity index (χ0v) is 18.7. The normalized spacial score (nSPS) is 10.6. The average molecular weight is 445 g/mol. The van der Waals surface area contributed by atoms with Crippen LogP contribution in [-0.4, -0.2) is 20.9 Å². The number of aryl methyl sites for hydroxylation is 3. The molecule has 3 N–H and O–H groups in total. The van der Waals surface area contributed by atoms with Gasteiger partial charge in [-0.05, 0) is 73.7 Å². The summed E-state index contributed by atoms with van der Waals surface area (Å²) in [4.78, 5) is 26.6. The highest BCUT2D eigenvalue weighted by molar-refractivity contribution is 7.10. The number of nitrogens with zero attached hydrogens (tertiary/aromatic N) is 3. The van der Waals surface area contributed by atoms with Crippen LogP contribution < -0.4 is 16.0 Å². The zero-order chi connectivity index (χ0) is 22.3. The van der Waals surface area contributed by atoms with Crippen molar-refractivity contribution in [2.45, 2.75) is 26.7 Å². The van der Waals surface area contributed by atoms with Crippen molar-refractivity contribution in [3.63, 3.8) is 0 Å². The minimum absolute atomic E-state index is 0.00942. The number of rotatable bonds is 8. The summed E-state index contributed by atoms with van der Waals surface area (Å²) >= 11 is 1.70. The Labute approximate surface area is 191 Å². The molecule has 0 unspecified atom stereocenters. The first-order chi connectivity index (χ1) is 15.5. The van der Waals surface area contributed by atoms with Crippen LogP contribution in [0.3, 0.4) is 0 Å². The van der Waals surface area contributed by atoms with Gasteiger partial charge in [-0.1, -0.05) is 6.07 Å². The molecular formula is C24H24N6OS. The van der Waals surface area contributed by atoms with Crippen LogP contribution in [0.5, 0.6) is 0 Å². The Morgan fingerprint density at radius 1 is 0.906 bits per heavy atom. The van der Waals surface area contributed by atoms with Crippen molar-refractivity contribution >= 4 is 46.1 Å². The number of thiophene rings is 1. The maximum Gasteiger partial charge on any atom is 0.224 e. The Morgan fingerprint density at radius 3 is 2.34 bits per heavy atom. The first kappa shape index (κ1) is 21.5. The van der Waals surface area contributed by atoms with E-state index < -0.39 is 0 Å². The molecule has 0 aliphatic rings. The van der Waals surface area contributed by atoms with E-state index in [0.717, 1.165) is 17.8 Å². The van der Waals surface area contributed by atoms with E-state index in [-0.39, 0.29) is 5.91 Å². The summed E-state index contributed by atoms with van der Waals surface area (Å²) in [6.45, 7) is 3.91. The molecule has 4 rings (SSSR count). The fourth-order valence-electron chi connectivity index (χ4n) is 3.16. The van der Waals surface area contributed by atoms with Crippen LogP contribution in [0.2, 0.25) is 0 Å². The monoisotopic (exact) mass is 444 g/mol. The molecule has 0 atom stereocenters. The number of carbonyl (C=O) groups is 1. The van der Waals surface area contributed by atoms with E-state index in [1.807, 2.05) is 55.5 Å². The van der Waals surface area contributed by atoms with Crippen LogP contribution in [-0.2, 0) is 11.2 Å². The number of benzene rings is 1. The summed E-state index contributed by atoms with van der Waals surface area (Å²) < 4.78 is 0. The molecule has 3 aromatic heterocycles. The van der Waals surface area contributed by atoms with Gasteiger partial charge in [-0.25, -0.2) is 15.0 Å². The number of amides is 1. The highest BCUT2D eigenvalue weighted by atomic mass is 32.1. The average Bonchev–Trinajstić information content (AvgIpc) is 3.19. The molecule has 4 aromatic rings. The van der Waals surface area contributed by atoms with Crippen LogP contribution in [0.1, 0.15) is 22.7 Å². The summed E-state index contributed by atoms with van der Waals surface area (Å²) in [5, 5.41) is 11.5. The molecule has 0 saturated heterocycles. The van der Waals surface area contributed by atoms with E-state index in [1.165, 1.54) is 10.4 Å². The third-order valence-corrected chi connectivity index (χ3v) is 5.83. The molecule has 0 radical (unpaired) electrons. The molecule has 0 aliphatic heterocycles. The lowest BCUT2D eigenvalue weighted by Crippen LogP contribution is -2.12. The minimum Gasteiger partial charge on any atom is -0.340 e. The number of hydrogen-bond acceptors (Lipinski definition) is 7. The molecule has 1 amide bonds. The van der Waals surface area contributed by atoms with Gasteiger partial charge in [-0.2, -0.15) is 0 Å². The highest BCUT2D eigenvalue weighted by Gasteiger charge is 2.07. The number of aromatic nitrogens is 3. The van der Waals surface area contributed by atoms with E-state index in [2.05, 4.69) is 49.3 Å². The molecule has 0 saturated carbocycles. The van der Waals surface area contributed by atoms with Crippen molar-refractivity contribution in [3.05, 3.63) is 82.4 Å². The van der Waals surface area contributed by atoms with Gasteiger partial charge >= 0.3 is 0 Å². The Morgan fingerprint density at radius 2 is 1.66 bits per heavy atom. The van der Waals surface area contributed by atoms with Crippen LogP contribution in [0, 0.1) is 13.8 Å². The summed E-state index contributed by atoms with van der Waals surface area (Å²) in [6.07, 6.45) is 2.95. The highest BCUT2D eigenvalue weighted by Crippen LogP contribution is 2.22. The van der Waals surface area contributed by atoms with E-state index in [4.69, 9.17) is 0 Å². The van der Waals surface area contributed by atoms with Gasteiger partial charge in [0.05, 0.1) is 0 Å². The standard InChI is InChI=1S/C24H24N6OS/c1-16-12-14-32-20(16)10-11-24(31)29-19-8-6-18(7-9-19)28-22-15-23(27-17(2)26-22)30-21-5-3-4-13-25-21/h3-9,12-15H,10-11H2,1-2H3,(H,29,31)(H2,25,26,27,28,30). The lowest BCUT2D eigenvalue weighted by molar-refractivity contribution is -0.116. The molecule has 32 heavy (non-hydrogen) atoms. The summed E-state index contributed by atoms with van der Waals surface area (Å²) in [7, 11) is 0. The molecule has 0 fully saturated rings. The van der Waals surface area contributed by atoms with E-state index in [9.17, 15) is 4.79 Å². The predicted octanol–water partition coefficient (Wildman–Crippen LogP) is 5.61. The van der Waals surface area contributed by atoms with Crippen molar-refractivity contribution in [1.29, 1.82) is 0 Å².